The maximum atomic E-state index is 11.9. The lowest BCUT2D eigenvalue weighted by Gasteiger charge is -2.25. The Bertz CT molecular complexity index is 718. The standard InChI is InChI=1S/C13H17N3O3S/c1-2-20(17,18)10-3-4-12-11(9-10)15-13(19-12)16-7-5-14-6-8-16/h3-4,9,14H,2,5-8H2,1H3. The van der Waals surface area contributed by atoms with E-state index in [1.807, 2.05) is 0 Å². The van der Waals surface area contributed by atoms with Crippen molar-refractivity contribution in [2.24, 2.45) is 0 Å². The summed E-state index contributed by atoms with van der Waals surface area (Å²) in [5.41, 5.74) is 1.21. The molecule has 0 bridgehead atoms. The smallest absolute Gasteiger partial charge is 0.298 e. The van der Waals surface area contributed by atoms with E-state index < -0.39 is 9.84 Å². The van der Waals surface area contributed by atoms with E-state index in [4.69, 9.17) is 4.42 Å². The Balaban J connectivity index is 1.99. The number of anilines is 1. The van der Waals surface area contributed by atoms with Gasteiger partial charge in [-0.1, -0.05) is 6.92 Å². The zero-order valence-corrected chi connectivity index (χ0v) is 12.1. The van der Waals surface area contributed by atoms with Crippen molar-refractivity contribution in [2.45, 2.75) is 11.8 Å². The molecule has 1 aliphatic rings. The highest BCUT2D eigenvalue weighted by Crippen LogP contribution is 2.25. The van der Waals surface area contributed by atoms with Gasteiger partial charge < -0.3 is 14.6 Å². The first kappa shape index (κ1) is 13.4. The van der Waals surface area contributed by atoms with Crippen molar-refractivity contribution in [2.75, 3.05) is 36.8 Å². The van der Waals surface area contributed by atoms with Gasteiger partial charge in [0, 0.05) is 26.2 Å². The van der Waals surface area contributed by atoms with Crippen molar-refractivity contribution in [1.82, 2.24) is 10.3 Å². The molecule has 1 fully saturated rings. The quantitative estimate of drug-likeness (QED) is 0.911. The fourth-order valence-corrected chi connectivity index (χ4v) is 3.15. The summed E-state index contributed by atoms with van der Waals surface area (Å²) in [6.45, 7) is 5.11. The Labute approximate surface area is 117 Å². The Morgan fingerprint density at radius 3 is 2.80 bits per heavy atom. The molecule has 0 aliphatic carbocycles. The zero-order valence-electron chi connectivity index (χ0n) is 11.3. The summed E-state index contributed by atoms with van der Waals surface area (Å²) in [6.07, 6.45) is 0. The van der Waals surface area contributed by atoms with Crippen molar-refractivity contribution in [3.05, 3.63) is 18.2 Å². The summed E-state index contributed by atoms with van der Waals surface area (Å²) >= 11 is 0. The van der Waals surface area contributed by atoms with Gasteiger partial charge in [-0.2, -0.15) is 4.98 Å². The molecule has 0 amide bonds. The van der Waals surface area contributed by atoms with Crippen LogP contribution in [0.2, 0.25) is 0 Å². The number of benzene rings is 1. The van der Waals surface area contributed by atoms with Gasteiger partial charge in [0.1, 0.15) is 5.52 Å². The third-order valence-corrected chi connectivity index (χ3v) is 5.21. The first-order valence-electron chi connectivity index (χ1n) is 6.69. The minimum Gasteiger partial charge on any atom is -0.423 e. The molecule has 0 unspecified atom stereocenters. The monoisotopic (exact) mass is 295 g/mol. The van der Waals surface area contributed by atoms with Gasteiger partial charge in [-0.3, -0.25) is 0 Å². The average Bonchev–Trinajstić information content (AvgIpc) is 2.91. The van der Waals surface area contributed by atoms with E-state index in [-0.39, 0.29) is 5.75 Å². The summed E-state index contributed by atoms with van der Waals surface area (Å²) in [5, 5.41) is 3.26. The van der Waals surface area contributed by atoms with Crippen LogP contribution >= 0.6 is 0 Å². The van der Waals surface area contributed by atoms with Gasteiger partial charge in [0.05, 0.1) is 10.6 Å². The summed E-state index contributed by atoms with van der Waals surface area (Å²) in [5.74, 6) is 0.0843. The molecule has 20 heavy (non-hydrogen) atoms. The first-order chi connectivity index (χ1) is 9.60. The highest BCUT2D eigenvalue weighted by molar-refractivity contribution is 7.91. The lowest BCUT2D eigenvalue weighted by Crippen LogP contribution is -2.43. The van der Waals surface area contributed by atoms with Crippen molar-refractivity contribution >= 4 is 27.0 Å². The van der Waals surface area contributed by atoms with Crippen LogP contribution in [-0.4, -0.2) is 45.3 Å². The highest BCUT2D eigenvalue weighted by atomic mass is 32.2. The third-order valence-electron chi connectivity index (χ3n) is 3.47. The van der Waals surface area contributed by atoms with Crippen LogP contribution in [0.5, 0.6) is 0 Å². The number of nitrogens with one attached hydrogen (secondary N) is 1. The van der Waals surface area contributed by atoms with E-state index in [2.05, 4.69) is 15.2 Å². The molecule has 3 rings (SSSR count). The van der Waals surface area contributed by atoms with Crippen LogP contribution in [-0.2, 0) is 9.84 Å². The number of sulfone groups is 1. The van der Waals surface area contributed by atoms with Crippen LogP contribution in [0, 0.1) is 0 Å². The number of fused-ring (bicyclic) bond motifs is 1. The molecule has 1 aromatic heterocycles. The van der Waals surface area contributed by atoms with Crippen molar-refractivity contribution in [1.29, 1.82) is 0 Å². The third kappa shape index (κ3) is 2.38. The highest BCUT2D eigenvalue weighted by Gasteiger charge is 2.18. The van der Waals surface area contributed by atoms with Crippen molar-refractivity contribution in [3.8, 4) is 0 Å². The van der Waals surface area contributed by atoms with Gasteiger partial charge in [0.2, 0.25) is 0 Å². The molecule has 0 saturated carbocycles. The number of aromatic nitrogens is 1. The van der Waals surface area contributed by atoms with Gasteiger partial charge >= 0.3 is 0 Å². The molecule has 7 heteroatoms. The zero-order chi connectivity index (χ0) is 14.2. The molecule has 1 aromatic carbocycles. The van der Waals surface area contributed by atoms with Crippen LogP contribution in [0.25, 0.3) is 11.1 Å². The van der Waals surface area contributed by atoms with Crippen LogP contribution < -0.4 is 10.2 Å². The van der Waals surface area contributed by atoms with Crippen molar-refractivity contribution < 1.29 is 12.8 Å². The van der Waals surface area contributed by atoms with Gasteiger partial charge in [-0.25, -0.2) is 8.42 Å². The molecule has 0 atom stereocenters. The van der Waals surface area contributed by atoms with E-state index in [0.717, 1.165) is 26.2 Å². The van der Waals surface area contributed by atoms with Crippen molar-refractivity contribution in [3.63, 3.8) is 0 Å². The molecule has 2 aromatic rings. The second-order valence-electron chi connectivity index (χ2n) is 4.77. The fraction of sp³-hybridized carbons (Fsp3) is 0.462. The fourth-order valence-electron chi connectivity index (χ4n) is 2.25. The Kier molecular flexibility index (Phi) is 3.39. The van der Waals surface area contributed by atoms with E-state index in [9.17, 15) is 8.42 Å². The molecule has 6 nitrogen and oxygen atoms in total. The van der Waals surface area contributed by atoms with E-state index in [1.54, 1.807) is 25.1 Å². The minimum atomic E-state index is -3.21. The number of rotatable bonds is 3. The summed E-state index contributed by atoms with van der Waals surface area (Å²) < 4.78 is 29.5. The number of nitrogens with zero attached hydrogens (tertiary/aromatic N) is 2. The predicted molar refractivity (Wildman–Crippen MR) is 76.8 cm³/mol. The average molecular weight is 295 g/mol. The molecule has 1 saturated heterocycles. The largest absolute Gasteiger partial charge is 0.423 e. The molecule has 2 heterocycles. The molecule has 0 radical (unpaired) electrons. The van der Waals surface area contributed by atoms with Gasteiger partial charge in [0.25, 0.3) is 6.01 Å². The Morgan fingerprint density at radius 1 is 1.35 bits per heavy atom. The number of piperazine rings is 1. The van der Waals surface area contributed by atoms with E-state index >= 15 is 0 Å². The summed E-state index contributed by atoms with van der Waals surface area (Å²) in [7, 11) is -3.21. The van der Waals surface area contributed by atoms with Gasteiger partial charge in [0.15, 0.2) is 15.4 Å². The number of hydrogen-bond donors (Lipinski definition) is 1. The summed E-state index contributed by atoms with van der Waals surface area (Å²) in [6, 6.07) is 5.40. The molecule has 1 aliphatic heterocycles. The van der Waals surface area contributed by atoms with E-state index in [1.165, 1.54) is 0 Å². The lowest BCUT2D eigenvalue weighted by molar-refractivity contribution is 0.517. The Morgan fingerprint density at radius 2 is 2.10 bits per heavy atom. The minimum absolute atomic E-state index is 0.0843. The lowest BCUT2D eigenvalue weighted by atomic mass is 10.3. The van der Waals surface area contributed by atoms with Gasteiger partial charge in [-0.05, 0) is 18.2 Å². The second-order valence-corrected chi connectivity index (χ2v) is 7.04. The first-order valence-corrected chi connectivity index (χ1v) is 8.34. The summed E-state index contributed by atoms with van der Waals surface area (Å²) in [4.78, 5) is 6.77. The molecular weight excluding hydrogens is 278 g/mol. The van der Waals surface area contributed by atoms with Crippen LogP contribution in [0.15, 0.2) is 27.5 Å². The normalized spacial score (nSPS) is 16.8. The van der Waals surface area contributed by atoms with Crippen LogP contribution in [0.4, 0.5) is 6.01 Å². The molecular formula is C13H17N3O3S. The number of oxazole rings is 1. The van der Waals surface area contributed by atoms with Gasteiger partial charge in [-0.15, -0.1) is 0 Å². The molecule has 0 spiro atoms. The van der Waals surface area contributed by atoms with Crippen LogP contribution in [0.1, 0.15) is 6.92 Å². The Hall–Kier alpha value is -1.60. The topological polar surface area (TPSA) is 75.4 Å². The number of hydrogen-bond acceptors (Lipinski definition) is 6. The molecule has 1 N–H and O–H groups in total. The maximum Gasteiger partial charge on any atom is 0.298 e. The SMILES string of the molecule is CCS(=O)(=O)c1ccc2oc(N3CCNCC3)nc2c1. The maximum absolute atomic E-state index is 11.9. The predicted octanol–water partition coefficient (Wildman–Crippen LogP) is 1.03. The second kappa shape index (κ2) is 5.06. The van der Waals surface area contributed by atoms with E-state index in [0.29, 0.717) is 22.0 Å². The van der Waals surface area contributed by atoms with Crippen LogP contribution in [0.3, 0.4) is 0 Å². The molecule has 108 valence electrons.